The quantitative estimate of drug-likeness (QED) is 0.438. The first-order valence-corrected chi connectivity index (χ1v) is 8.57. The van der Waals surface area contributed by atoms with Crippen LogP contribution in [0.5, 0.6) is 0 Å². The van der Waals surface area contributed by atoms with Gasteiger partial charge in [0.2, 0.25) is 10.0 Å². The molecule has 0 saturated carbocycles. The van der Waals surface area contributed by atoms with Crippen molar-refractivity contribution in [1.82, 2.24) is 9.21 Å². The lowest BCUT2D eigenvalue weighted by Crippen LogP contribution is -2.41. The van der Waals surface area contributed by atoms with Crippen LogP contribution in [0.2, 0.25) is 0 Å². The highest BCUT2D eigenvalue weighted by Gasteiger charge is 2.14. The van der Waals surface area contributed by atoms with Crippen LogP contribution in [0.4, 0.5) is 0 Å². The molecule has 0 radical (unpaired) electrons. The van der Waals surface area contributed by atoms with Crippen LogP contribution in [-0.2, 0) is 10.0 Å². The molecule has 0 atom stereocenters. The fraction of sp³-hybridized carbons (Fsp3) is 0.917. The molecular formula is C12H26N4O2S. The van der Waals surface area contributed by atoms with Crippen LogP contribution in [0.1, 0.15) is 32.6 Å². The van der Waals surface area contributed by atoms with E-state index in [1.165, 1.54) is 23.6 Å². The summed E-state index contributed by atoms with van der Waals surface area (Å²) < 4.78 is 24.5. The summed E-state index contributed by atoms with van der Waals surface area (Å²) in [5.74, 6) is 0.739. The van der Waals surface area contributed by atoms with Gasteiger partial charge in [-0.25, -0.2) is 12.7 Å². The fourth-order valence-corrected chi connectivity index (χ4v) is 2.92. The molecule has 1 heterocycles. The Labute approximate surface area is 116 Å². The van der Waals surface area contributed by atoms with Gasteiger partial charge < -0.3 is 10.6 Å². The molecule has 0 bridgehead atoms. The first-order valence-electron chi connectivity index (χ1n) is 6.96. The second-order valence-electron chi connectivity index (χ2n) is 4.86. The lowest BCUT2D eigenvalue weighted by Gasteiger charge is -2.27. The lowest BCUT2D eigenvalue weighted by molar-refractivity contribution is 0.338. The molecule has 1 rings (SSSR count). The van der Waals surface area contributed by atoms with E-state index in [-0.39, 0.29) is 5.75 Å². The molecule has 1 fully saturated rings. The van der Waals surface area contributed by atoms with Crippen molar-refractivity contribution in [2.24, 2.45) is 10.7 Å². The number of rotatable bonds is 6. The van der Waals surface area contributed by atoms with Gasteiger partial charge in [0, 0.05) is 33.2 Å². The summed E-state index contributed by atoms with van der Waals surface area (Å²) in [6.07, 6.45) is 4.31. The monoisotopic (exact) mass is 290 g/mol. The van der Waals surface area contributed by atoms with Gasteiger partial charge in [0.1, 0.15) is 0 Å². The van der Waals surface area contributed by atoms with E-state index in [2.05, 4.69) is 9.89 Å². The van der Waals surface area contributed by atoms with Crippen LogP contribution >= 0.6 is 0 Å². The van der Waals surface area contributed by atoms with Gasteiger partial charge >= 0.3 is 0 Å². The van der Waals surface area contributed by atoms with Crippen LogP contribution in [0.25, 0.3) is 0 Å². The predicted octanol–water partition coefficient (Wildman–Crippen LogP) is 0.459. The second kappa shape index (κ2) is 7.69. The van der Waals surface area contributed by atoms with Gasteiger partial charge in [-0.1, -0.05) is 0 Å². The van der Waals surface area contributed by atoms with E-state index in [1.807, 2.05) is 0 Å². The number of nitrogens with two attached hydrogens (primary N) is 1. The number of hydrogen-bond donors (Lipinski definition) is 1. The highest BCUT2D eigenvalue weighted by Crippen LogP contribution is 2.08. The van der Waals surface area contributed by atoms with Crippen LogP contribution < -0.4 is 5.73 Å². The van der Waals surface area contributed by atoms with Crippen LogP contribution in [0.3, 0.4) is 0 Å². The van der Waals surface area contributed by atoms with Crippen molar-refractivity contribution in [3.8, 4) is 0 Å². The van der Waals surface area contributed by atoms with Crippen molar-refractivity contribution in [2.45, 2.75) is 32.6 Å². The third kappa shape index (κ3) is 5.36. The van der Waals surface area contributed by atoms with Crippen molar-refractivity contribution in [3.05, 3.63) is 0 Å². The van der Waals surface area contributed by atoms with E-state index in [9.17, 15) is 8.42 Å². The third-order valence-corrected chi connectivity index (χ3v) is 5.29. The minimum Gasteiger partial charge on any atom is -0.370 e. The van der Waals surface area contributed by atoms with Crippen molar-refractivity contribution in [2.75, 3.05) is 39.0 Å². The molecule has 112 valence electrons. The number of hydrogen-bond acceptors (Lipinski definition) is 3. The van der Waals surface area contributed by atoms with Crippen molar-refractivity contribution < 1.29 is 8.42 Å². The molecule has 0 amide bonds. The Bertz CT molecular complexity index is 389. The summed E-state index contributed by atoms with van der Waals surface area (Å²) in [4.78, 5) is 6.43. The van der Waals surface area contributed by atoms with Gasteiger partial charge in [0.05, 0.1) is 5.75 Å². The number of nitrogens with zero attached hydrogens (tertiary/aromatic N) is 3. The van der Waals surface area contributed by atoms with Gasteiger partial charge in [0.15, 0.2) is 5.96 Å². The van der Waals surface area contributed by atoms with Gasteiger partial charge in [0.25, 0.3) is 0 Å². The smallest absolute Gasteiger partial charge is 0.213 e. The molecule has 0 aromatic rings. The SMILES string of the molecule is CCS(=O)(=O)N(C)CCCN=C(N)N1CCCCC1. The minimum atomic E-state index is -3.08. The Hall–Kier alpha value is -0.820. The molecule has 7 heteroatoms. The Morgan fingerprint density at radius 1 is 1.32 bits per heavy atom. The van der Waals surface area contributed by atoms with Crippen molar-refractivity contribution in [3.63, 3.8) is 0 Å². The zero-order valence-corrected chi connectivity index (χ0v) is 12.8. The standard InChI is InChI=1S/C12H26N4O2S/c1-3-19(17,18)15(2)9-7-8-14-12(13)16-10-5-4-6-11-16/h3-11H2,1-2H3,(H2,13,14). The van der Waals surface area contributed by atoms with E-state index in [4.69, 9.17) is 5.73 Å². The molecule has 0 aliphatic carbocycles. The average Bonchev–Trinajstić information content (AvgIpc) is 2.43. The lowest BCUT2D eigenvalue weighted by atomic mass is 10.1. The summed E-state index contributed by atoms with van der Waals surface area (Å²) in [6.45, 7) is 4.69. The molecular weight excluding hydrogens is 264 g/mol. The first kappa shape index (κ1) is 16.2. The van der Waals surface area contributed by atoms with Crippen molar-refractivity contribution in [1.29, 1.82) is 0 Å². The fourth-order valence-electron chi connectivity index (χ4n) is 2.07. The zero-order valence-electron chi connectivity index (χ0n) is 12.0. The van der Waals surface area contributed by atoms with E-state index in [1.54, 1.807) is 14.0 Å². The number of sulfonamides is 1. The highest BCUT2D eigenvalue weighted by molar-refractivity contribution is 7.89. The Morgan fingerprint density at radius 3 is 2.53 bits per heavy atom. The van der Waals surface area contributed by atoms with E-state index in [0.717, 1.165) is 13.1 Å². The summed E-state index contributed by atoms with van der Waals surface area (Å²) in [5, 5.41) is 0. The molecule has 0 unspecified atom stereocenters. The molecule has 0 aromatic carbocycles. The average molecular weight is 290 g/mol. The topological polar surface area (TPSA) is 79.0 Å². The number of likely N-dealkylation sites (tertiary alicyclic amines) is 1. The largest absolute Gasteiger partial charge is 0.370 e. The summed E-state index contributed by atoms with van der Waals surface area (Å²) in [7, 11) is -1.47. The van der Waals surface area contributed by atoms with Gasteiger partial charge in [-0.2, -0.15) is 0 Å². The van der Waals surface area contributed by atoms with Crippen LogP contribution in [0.15, 0.2) is 4.99 Å². The number of guanidine groups is 1. The van der Waals surface area contributed by atoms with Gasteiger partial charge in [-0.05, 0) is 32.6 Å². The Kier molecular flexibility index (Phi) is 6.57. The maximum atomic E-state index is 11.5. The molecule has 2 N–H and O–H groups in total. The number of aliphatic imine (C=N–C) groups is 1. The zero-order chi connectivity index (χ0) is 14.3. The van der Waals surface area contributed by atoms with Crippen LogP contribution in [0, 0.1) is 0 Å². The molecule has 1 aliphatic heterocycles. The number of piperidine rings is 1. The summed E-state index contributed by atoms with van der Waals surface area (Å²) in [6, 6.07) is 0. The molecule has 0 aromatic heterocycles. The summed E-state index contributed by atoms with van der Waals surface area (Å²) >= 11 is 0. The minimum absolute atomic E-state index is 0.142. The highest BCUT2D eigenvalue weighted by atomic mass is 32.2. The van der Waals surface area contributed by atoms with E-state index >= 15 is 0 Å². The Morgan fingerprint density at radius 2 is 1.95 bits per heavy atom. The maximum Gasteiger partial charge on any atom is 0.213 e. The maximum absolute atomic E-state index is 11.5. The first-order chi connectivity index (χ1) is 8.97. The second-order valence-corrected chi connectivity index (χ2v) is 7.23. The molecule has 19 heavy (non-hydrogen) atoms. The third-order valence-electron chi connectivity index (χ3n) is 3.42. The van der Waals surface area contributed by atoms with E-state index < -0.39 is 10.0 Å². The molecule has 1 saturated heterocycles. The van der Waals surface area contributed by atoms with E-state index in [0.29, 0.717) is 25.5 Å². The van der Waals surface area contributed by atoms with Gasteiger partial charge in [-0.15, -0.1) is 0 Å². The summed E-state index contributed by atoms with van der Waals surface area (Å²) in [5.41, 5.74) is 5.92. The molecule has 6 nitrogen and oxygen atoms in total. The van der Waals surface area contributed by atoms with Gasteiger partial charge in [-0.3, -0.25) is 4.99 Å². The normalized spacial score (nSPS) is 18.1. The predicted molar refractivity (Wildman–Crippen MR) is 78.6 cm³/mol. The van der Waals surface area contributed by atoms with Crippen molar-refractivity contribution >= 4 is 16.0 Å². The molecule has 0 spiro atoms. The Balaban J connectivity index is 2.29. The van der Waals surface area contributed by atoms with Crippen LogP contribution in [-0.4, -0.2) is 62.6 Å². The molecule has 1 aliphatic rings.